The van der Waals surface area contributed by atoms with Gasteiger partial charge in [-0.25, -0.2) is 4.98 Å². The summed E-state index contributed by atoms with van der Waals surface area (Å²) < 4.78 is 64.9. The number of ether oxygens (including phenoxy) is 1. The van der Waals surface area contributed by atoms with Crippen molar-refractivity contribution in [2.24, 2.45) is 0 Å². The van der Waals surface area contributed by atoms with Gasteiger partial charge in [0.05, 0.1) is 12.7 Å². The van der Waals surface area contributed by atoms with E-state index < -0.39 is 19.3 Å². The Morgan fingerprint density at radius 2 is 2.14 bits per heavy atom. The van der Waals surface area contributed by atoms with Gasteiger partial charge in [-0.05, 0) is 18.6 Å². The van der Waals surface area contributed by atoms with Gasteiger partial charge in [-0.1, -0.05) is 0 Å². The van der Waals surface area contributed by atoms with Gasteiger partial charge in [0.25, 0.3) is 0 Å². The van der Waals surface area contributed by atoms with E-state index in [1.54, 1.807) is 0 Å². The highest BCUT2D eigenvalue weighted by molar-refractivity contribution is 5.38. The van der Waals surface area contributed by atoms with Crippen molar-refractivity contribution in [1.82, 2.24) is 9.88 Å². The summed E-state index contributed by atoms with van der Waals surface area (Å²) in [5.41, 5.74) is 0. The lowest BCUT2D eigenvalue weighted by Crippen LogP contribution is -2.34. The van der Waals surface area contributed by atoms with Crippen molar-refractivity contribution >= 4 is 5.82 Å². The van der Waals surface area contributed by atoms with Crippen molar-refractivity contribution in [2.45, 2.75) is 25.3 Å². The van der Waals surface area contributed by atoms with Crippen LogP contribution in [0.4, 0.5) is 27.8 Å². The number of hydrogen-bond acceptors (Lipinski definition) is 4. The van der Waals surface area contributed by atoms with Crippen LogP contribution in [0.5, 0.6) is 5.75 Å². The number of aromatic nitrogens is 1. The molecule has 0 saturated carbocycles. The smallest absolute Gasteiger partial charge is 0.401 e. The maximum atomic E-state index is 12.3. The predicted octanol–water partition coefficient (Wildman–Crippen LogP) is 2.73. The predicted molar refractivity (Wildman–Crippen MR) is 65.4 cm³/mol. The van der Waals surface area contributed by atoms with E-state index in [0.717, 1.165) is 6.20 Å². The number of pyridine rings is 1. The quantitative estimate of drug-likeness (QED) is 0.849. The van der Waals surface area contributed by atoms with Crippen LogP contribution in [0, 0.1) is 0 Å². The molecule has 0 bridgehead atoms. The second kappa shape index (κ2) is 6.42. The molecule has 21 heavy (non-hydrogen) atoms. The number of hydrogen-bond donors (Lipinski definition) is 1. The van der Waals surface area contributed by atoms with Gasteiger partial charge in [0, 0.05) is 19.1 Å². The first-order valence-electron chi connectivity index (χ1n) is 6.28. The van der Waals surface area contributed by atoms with E-state index in [0.29, 0.717) is 18.8 Å². The molecule has 118 valence electrons. The molecule has 0 aromatic carbocycles. The van der Waals surface area contributed by atoms with Gasteiger partial charge in [-0.2, -0.15) is 22.0 Å². The first kappa shape index (κ1) is 15.7. The largest absolute Gasteiger partial charge is 0.433 e. The lowest BCUT2D eigenvalue weighted by atomic mass is 10.2. The summed E-state index contributed by atoms with van der Waals surface area (Å²) in [5.74, 6) is 0.344. The highest BCUT2D eigenvalue weighted by Crippen LogP contribution is 2.22. The molecule has 1 aliphatic heterocycles. The van der Waals surface area contributed by atoms with E-state index in [9.17, 15) is 22.0 Å². The molecule has 4 nitrogen and oxygen atoms in total. The van der Waals surface area contributed by atoms with Gasteiger partial charge in [0.15, 0.2) is 0 Å². The summed E-state index contributed by atoms with van der Waals surface area (Å²) in [6, 6.07) is 2.62. The summed E-state index contributed by atoms with van der Waals surface area (Å²) in [6.07, 6.45) is -2.51. The Balaban J connectivity index is 1.83. The molecule has 1 aromatic rings. The lowest BCUT2D eigenvalue weighted by molar-refractivity contribution is -0.143. The molecule has 0 aliphatic carbocycles. The molecular formula is C12H14F5N3O. The van der Waals surface area contributed by atoms with E-state index in [4.69, 9.17) is 0 Å². The number of anilines is 1. The van der Waals surface area contributed by atoms with Crippen molar-refractivity contribution in [3.8, 4) is 5.75 Å². The first-order valence-corrected chi connectivity index (χ1v) is 6.28. The third-order valence-electron chi connectivity index (χ3n) is 2.99. The zero-order chi connectivity index (χ0) is 15.5. The van der Waals surface area contributed by atoms with Crippen molar-refractivity contribution in [3.05, 3.63) is 18.3 Å². The van der Waals surface area contributed by atoms with Gasteiger partial charge in [0.2, 0.25) is 0 Å². The van der Waals surface area contributed by atoms with Gasteiger partial charge >= 0.3 is 12.8 Å². The van der Waals surface area contributed by atoms with Crippen LogP contribution in [0.15, 0.2) is 18.3 Å². The Labute approximate surface area is 117 Å². The van der Waals surface area contributed by atoms with Crippen LogP contribution in [-0.4, -0.2) is 48.3 Å². The van der Waals surface area contributed by atoms with Crippen LogP contribution in [0.3, 0.4) is 0 Å². The van der Waals surface area contributed by atoms with Crippen LogP contribution < -0.4 is 10.1 Å². The molecule has 0 amide bonds. The molecule has 9 heteroatoms. The summed E-state index contributed by atoms with van der Waals surface area (Å²) in [7, 11) is 0. The third kappa shape index (κ3) is 5.33. The molecule has 1 aromatic heterocycles. The molecule has 0 spiro atoms. The molecule has 2 heterocycles. The van der Waals surface area contributed by atoms with E-state index in [1.807, 2.05) is 0 Å². The number of alkyl halides is 5. The van der Waals surface area contributed by atoms with Gasteiger partial charge < -0.3 is 10.1 Å². The number of halogens is 5. The molecule has 1 atom stereocenters. The molecule has 0 unspecified atom stereocenters. The van der Waals surface area contributed by atoms with Crippen molar-refractivity contribution in [3.63, 3.8) is 0 Å². The Morgan fingerprint density at radius 3 is 2.71 bits per heavy atom. The van der Waals surface area contributed by atoms with Crippen molar-refractivity contribution in [2.75, 3.05) is 25.0 Å². The minimum atomic E-state index is -4.21. The fraction of sp³-hybridized carbons (Fsp3) is 0.583. The summed E-state index contributed by atoms with van der Waals surface area (Å²) in [5, 5.41) is 2.97. The minimum absolute atomic E-state index is 0.0688. The van der Waals surface area contributed by atoms with Crippen LogP contribution >= 0.6 is 0 Å². The molecule has 1 fully saturated rings. The number of nitrogens with one attached hydrogen (secondary N) is 1. The Hall–Kier alpha value is -1.64. The summed E-state index contributed by atoms with van der Waals surface area (Å²) in [4.78, 5) is 5.20. The topological polar surface area (TPSA) is 37.4 Å². The van der Waals surface area contributed by atoms with E-state index in [1.165, 1.54) is 17.0 Å². The number of rotatable bonds is 5. The van der Waals surface area contributed by atoms with Crippen LogP contribution in [0.25, 0.3) is 0 Å². The minimum Gasteiger partial charge on any atom is -0.433 e. The fourth-order valence-electron chi connectivity index (χ4n) is 2.20. The van der Waals surface area contributed by atoms with Crippen LogP contribution in [0.1, 0.15) is 6.42 Å². The Kier molecular flexibility index (Phi) is 4.81. The second-order valence-corrected chi connectivity index (χ2v) is 4.74. The van der Waals surface area contributed by atoms with Crippen molar-refractivity contribution < 1.29 is 26.7 Å². The number of likely N-dealkylation sites (tertiary alicyclic amines) is 1. The third-order valence-corrected chi connectivity index (χ3v) is 2.99. The van der Waals surface area contributed by atoms with Crippen molar-refractivity contribution in [1.29, 1.82) is 0 Å². The zero-order valence-electron chi connectivity index (χ0n) is 10.9. The molecular weight excluding hydrogens is 297 g/mol. The highest BCUT2D eigenvalue weighted by atomic mass is 19.4. The fourth-order valence-corrected chi connectivity index (χ4v) is 2.20. The average Bonchev–Trinajstić information content (AvgIpc) is 2.76. The molecule has 1 saturated heterocycles. The standard InChI is InChI=1S/C12H14F5N3O/c13-11(14)21-9-1-2-10(18-5-9)19-8-3-4-20(6-8)7-12(15,16)17/h1-2,5,8,11H,3-4,6-7H2,(H,18,19)/t8-/m1/s1. The normalized spacial score (nSPS) is 20.0. The molecule has 1 aliphatic rings. The maximum Gasteiger partial charge on any atom is 0.401 e. The monoisotopic (exact) mass is 311 g/mol. The maximum absolute atomic E-state index is 12.3. The van der Waals surface area contributed by atoms with E-state index >= 15 is 0 Å². The van der Waals surface area contributed by atoms with E-state index in [-0.39, 0.29) is 18.3 Å². The van der Waals surface area contributed by atoms with Crippen LogP contribution in [0.2, 0.25) is 0 Å². The zero-order valence-corrected chi connectivity index (χ0v) is 10.9. The number of nitrogens with zero attached hydrogens (tertiary/aromatic N) is 2. The second-order valence-electron chi connectivity index (χ2n) is 4.74. The summed E-state index contributed by atoms with van der Waals surface area (Å²) in [6.45, 7) is -3.24. The first-order chi connectivity index (χ1) is 9.82. The molecule has 0 radical (unpaired) electrons. The lowest BCUT2D eigenvalue weighted by Gasteiger charge is -2.18. The van der Waals surface area contributed by atoms with Crippen LogP contribution in [-0.2, 0) is 0 Å². The Morgan fingerprint density at radius 1 is 1.38 bits per heavy atom. The summed E-state index contributed by atoms with van der Waals surface area (Å²) >= 11 is 0. The molecule has 2 rings (SSSR count). The van der Waals surface area contributed by atoms with Gasteiger partial charge in [-0.3, -0.25) is 4.90 Å². The highest BCUT2D eigenvalue weighted by Gasteiger charge is 2.34. The van der Waals surface area contributed by atoms with Gasteiger partial charge in [-0.15, -0.1) is 0 Å². The molecule has 1 N–H and O–H groups in total. The Bertz CT molecular complexity index is 451. The van der Waals surface area contributed by atoms with Gasteiger partial charge in [0.1, 0.15) is 11.6 Å². The average molecular weight is 311 g/mol. The van der Waals surface area contributed by atoms with E-state index in [2.05, 4.69) is 15.0 Å². The SMILES string of the molecule is FC(F)Oc1ccc(N[C@@H]2CCN(CC(F)(F)F)C2)nc1.